The highest BCUT2D eigenvalue weighted by Gasteiger charge is 2.17. The van der Waals surface area contributed by atoms with Gasteiger partial charge < -0.3 is 15.4 Å². The molecule has 0 bridgehead atoms. The van der Waals surface area contributed by atoms with Crippen LogP contribution in [0.4, 0.5) is 5.69 Å². The van der Waals surface area contributed by atoms with Crippen molar-refractivity contribution in [2.24, 2.45) is 0 Å². The van der Waals surface area contributed by atoms with Crippen LogP contribution in [0.5, 0.6) is 5.75 Å². The quantitative estimate of drug-likeness (QED) is 0.582. The minimum atomic E-state index is -0.0586. The summed E-state index contributed by atoms with van der Waals surface area (Å²) in [6.45, 7) is 4.83. The number of aromatic nitrogens is 2. The highest BCUT2D eigenvalue weighted by molar-refractivity contribution is 5.90. The van der Waals surface area contributed by atoms with Gasteiger partial charge >= 0.3 is 0 Å². The van der Waals surface area contributed by atoms with Gasteiger partial charge in [-0.3, -0.25) is 14.3 Å². The number of anilines is 1. The molecule has 1 saturated carbocycles. The van der Waals surface area contributed by atoms with Crippen LogP contribution in [0, 0.1) is 13.8 Å². The molecule has 0 saturated heterocycles. The number of carbonyl (C=O) groups is 2. The number of nitrogens with one attached hydrogen (secondary N) is 2. The van der Waals surface area contributed by atoms with E-state index in [2.05, 4.69) is 27.9 Å². The lowest BCUT2D eigenvalue weighted by molar-refractivity contribution is -0.122. The molecule has 1 aromatic carbocycles. The van der Waals surface area contributed by atoms with E-state index in [1.807, 2.05) is 19.9 Å². The predicted octanol–water partition coefficient (Wildman–Crippen LogP) is 3.75. The van der Waals surface area contributed by atoms with Crippen LogP contribution >= 0.6 is 0 Å². The summed E-state index contributed by atoms with van der Waals surface area (Å²) in [5.41, 5.74) is 2.90. The molecule has 162 valence electrons. The van der Waals surface area contributed by atoms with Crippen LogP contribution in [0.15, 0.2) is 30.6 Å². The first-order chi connectivity index (χ1) is 14.5. The van der Waals surface area contributed by atoms with E-state index < -0.39 is 0 Å². The van der Waals surface area contributed by atoms with Crippen LogP contribution in [0.3, 0.4) is 0 Å². The van der Waals surface area contributed by atoms with E-state index >= 15 is 0 Å². The lowest BCUT2D eigenvalue weighted by Crippen LogP contribution is -2.35. The van der Waals surface area contributed by atoms with Crippen molar-refractivity contribution < 1.29 is 14.3 Å². The molecule has 2 amide bonds. The fourth-order valence-corrected chi connectivity index (χ4v) is 3.66. The number of hydrogen-bond acceptors (Lipinski definition) is 4. The van der Waals surface area contributed by atoms with Crippen molar-refractivity contribution >= 4 is 17.5 Å². The Morgan fingerprint density at radius 1 is 1.17 bits per heavy atom. The van der Waals surface area contributed by atoms with Crippen molar-refractivity contribution in [2.75, 3.05) is 11.9 Å². The summed E-state index contributed by atoms with van der Waals surface area (Å²) in [6, 6.07) is 6.45. The molecular weight excluding hydrogens is 380 g/mol. The minimum Gasteiger partial charge on any atom is -0.493 e. The SMILES string of the molecule is Cc1ccc(C)c(OCCCCC(=O)Nc2cnn(CC(=O)NC3CCCC3)c2)c1. The maximum absolute atomic E-state index is 12.1. The summed E-state index contributed by atoms with van der Waals surface area (Å²) < 4.78 is 7.38. The molecule has 2 aromatic rings. The van der Waals surface area contributed by atoms with E-state index in [0.717, 1.165) is 37.0 Å². The number of rotatable bonds is 10. The van der Waals surface area contributed by atoms with Crippen LogP contribution < -0.4 is 15.4 Å². The molecule has 3 rings (SSSR count). The lowest BCUT2D eigenvalue weighted by atomic mass is 10.1. The minimum absolute atomic E-state index is 0.0354. The summed E-state index contributed by atoms with van der Waals surface area (Å²) in [5.74, 6) is 0.812. The van der Waals surface area contributed by atoms with E-state index in [4.69, 9.17) is 4.74 Å². The maximum Gasteiger partial charge on any atom is 0.241 e. The van der Waals surface area contributed by atoms with E-state index in [-0.39, 0.29) is 18.4 Å². The van der Waals surface area contributed by atoms with Crippen molar-refractivity contribution in [1.82, 2.24) is 15.1 Å². The molecule has 0 aliphatic heterocycles. The van der Waals surface area contributed by atoms with Gasteiger partial charge in [-0.25, -0.2) is 0 Å². The Kier molecular flexibility index (Phi) is 7.88. The Morgan fingerprint density at radius 2 is 1.97 bits per heavy atom. The van der Waals surface area contributed by atoms with Crippen LogP contribution in [0.25, 0.3) is 0 Å². The first kappa shape index (κ1) is 21.9. The van der Waals surface area contributed by atoms with Gasteiger partial charge in [0.1, 0.15) is 12.3 Å². The van der Waals surface area contributed by atoms with E-state index in [0.29, 0.717) is 24.8 Å². The summed E-state index contributed by atoms with van der Waals surface area (Å²) in [7, 11) is 0. The normalized spacial score (nSPS) is 13.9. The third kappa shape index (κ3) is 6.90. The maximum atomic E-state index is 12.1. The van der Waals surface area contributed by atoms with Gasteiger partial charge in [0.2, 0.25) is 11.8 Å². The van der Waals surface area contributed by atoms with E-state index in [1.165, 1.54) is 18.4 Å². The fraction of sp³-hybridized carbons (Fsp3) is 0.522. The second kappa shape index (κ2) is 10.8. The Morgan fingerprint density at radius 3 is 2.77 bits per heavy atom. The number of carbonyl (C=O) groups excluding carboxylic acids is 2. The summed E-state index contributed by atoms with van der Waals surface area (Å²) in [6.07, 6.45) is 9.71. The molecule has 0 radical (unpaired) electrons. The molecule has 1 aliphatic rings. The van der Waals surface area contributed by atoms with E-state index in [9.17, 15) is 9.59 Å². The molecular formula is C23H32N4O3. The van der Waals surface area contributed by atoms with Gasteiger partial charge in [-0.1, -0.05) is 25.0 Å². The van der Waals surface area contributed by atoms with Gasteiger partial charge in [0.25, 0.3) is 0 Å². The standard InChI is InChI=1S/C23H32N4O3/c1-17-10-11-18(2)21(13-17)30-12-6-5-9-22(28)26-20-14-24-27(15-20)16-23(29)25-19-7-3-4-8-19/h10-11,13-15,19H,3-9,12,16H2,1-2H3,(H,25,29)(H,26,28). The smallest absolute Gasteiger partial charge is 0.241 e. The average Bonchev–Trinajstić information content (AvgIpc) is 3.36. The Labute approximate surface area is 178 Å². The number of ether oxygens (including phenoxy) is 1. The molecule has 1 aliphatic carbocycles. The topological polar surface area (TPSA) is 85.2 Å². The second-order valence-electron chi connectivity index (χ2n) is 8.10. The van der Waals surface area contributed by atoms with Crippen molar-refractivity contribution in [3.63, 3.8) is 0 Å². The first-order valence-corrected chi connectivity index (χ1v) is 10.8. The lowest BCUT2D eigenvalue weighted by Gasteiger charge is -2.11. The van der Waals surface area contributed by atoms with Gasteiger partial charge in [0.05, 0.1) is 18.5 Å². The summed E-state index contributed by atoms with van der Waals surface area (Å²) in [4.78, 5) is 24.2. The number of aryl methyl sites for hydroxylation is 2. The van der Waals surface area contributed by atoms with Gasteiger partial charge in [-0.2, -0.15) is 5.10 Å². The monoisotopic (exact) mass is 412 g/mol. The fourth-order valence-electron chi connectivity index (χ4n) is 3.66. The van der Waals surface area contributed by atoms with Crippen LogP contribution in [-0.4, -0.2) is 34.2 Å². The Bertz CT molecular complexity index is 856. The summed E-state index contributed by atoms with van der Waals surface area (Å²) in [5, 5.41) is 10.0. The zero-order chi connectivity index (χ0) is 21.3. The molecule has 1 aromatic heterocycles. The highest BCUT2D eigenvalue weighted by atomic mass is 16.5. The number of benzene rings is 1. The largest absolute Gasteiger partial charge is 0.493 e. The molecule has 7 nitrogen and oxygen atoms in total. The van der Waals surface area contributed by atoms with Gasteiger partial charge in [0, 0.05) is 18.7 Å². The second-order valence-corrected chi connectivity index (χ2v) is 8.10. The van der Waals surface area contributed by atoms with Crippen molar-refractivity contribution in [3.8, 4) is 5.75 Å². The molecule has 1 heterocycles. The van der Waals surface area contributed by atoms with Crippen LogP contribution in [0.1, 0.15) is 56.1 Å². The summed E-state index contributed by atoms with van der Waals surface area (Å²) >= 11 is 0. The van der Waals surface area contributed by atoms with Gasteiger partial charge in [-0.05, 0) is 56.7 Å². The van der Waals surface area contributed by atoms with Crippen molar-refractivity contribution in [3.05, 3.63) is 41.7 Å². The average molecular weight is 413 g/mol. The number of nitrogens with zero attached hydrogens (tertiary/aromatic N) is 2. The molecule has 30 heavy (non-hydrogen) atoms. The predicted molar refractivity (Wildman–Crippen MR) is 117 cm³/mol. The van der Waals surface area contributed by atoms with Gasteiger partial charge in [0.15, 0.2) is 0 Å². The zero-order valence-electron chi connectivity index (χ0n) is 17.9. The molecule has 2 N–H and O–H groups in total. The van der Waals surface area contributed by atoms with Crippen molar-refractivity contribution in [2.45, 2.75) is 71.4 Å². The zero-order valence-corrected chi connectivity index (χ0v) is 17.9. The molecule has 0 spiro atoms. The molecule has 0 atom stereocenters. The Balaban J connectivity index is 1.32. The highest BCUT2D eigenvalue weighted by Crippen LogP contribution is 2.19. The van der Waals surface area contributed by atoms with E-state index in [1.54, 1.807) is 17.1 Å². The number of unbranched alkanes of at least 4 members (excludes halogenated alkanes) is 1. The molecule has 0 unspecified atom stereocenters. The first-order valence-electron chi connectivity index (χ1n) is 10.8. The Hall–Kier alpha value is -2.83. The van der Waals surface area contributed by atoms with Gasteiger partial charge in [-0.15, -0.1) is 0 Å². The number of hydrogen-bond donors (Lipinski definition) is 2. The third-order valence-electron chi connectivity index (χ3n) is 5.34. The molecule has 1 fully saturated rings. The van der Waals surface area contributed by atoms with Crippen molar-refractivity contribution in [1.29, 1.82) is 0 Å². The number of amides is 2. The third-order valence-corrected chi connectivity index (χ3v) is 5.34. The molecule has 7 heteroatoms. The van der Waals surface area contributed by atoms with Crippen LogP contribution in [-0.2, 0) is 16.1 Å². The van der Waals surface area contributed by atoms with Crippen LogP contribution in [0.2, 0.25) is 0 Å².